The fraction of sp³-hybridized carbons (Fsp3) is 0.618. The molecule has 4 rings (SSSR count). The highest BCUT2D eigenvalue weighted by molar-refractivity contribution is 7.62. The molecule has 0 N–H and O–H groups in total. The van der Waals surface area contributed by atoms with Crippen LogP contribution in [-0.2, 0) is 15.8 Å². The second-order valence-corrected chi connectivity index (χ2v) is 17.2. The van der Waals surface area contributed by atoms with Gasteiger partial charge < -0.3 is 18.8 Å². The number of carbonyl (C=O) groups is 1. The van der Waals surface area contributed by atoms with Crippen LogP contribution < -0.4 is 10.5 Å². The third-order valence-corrected chi connectivity index (χ3v) is 13.9. The first-order chi connectivity index (χ1) is 20.2. The molecule has 43 heavy (non-hydrogen) atoms. The normalized spacial score (nSPS) is 17.5. The Balaban J connectivity index is 1.56. The van der Waals surface area contributed by atoms with E-state index < -0.39 is 12.9 Å². The van der Waals surface area contributed by atoms with E-state index in [1.165, 1.54) is 5.57 Å². The van der Waals surface area contributed by atoms with Crippen LogP contribution in [0.5, 0.6) is 0 Å². The van der Waals surface area contributed by atoms with E-state index in [0.29, 0.717) is 50.0 Å². The van der Waals surface area contributed by atoms with Crippen LogP contribution >= 0.6 is 7.29 Å². The molecule has 1 aromatic carbocycles. The van der Waals surface area contributed by atoms with Crippen LogP contribution in [0.4, 0.5) is 5.69 Å². The molecule has 1 fully saturated rings. The van der Waals surface area contributed by atoms with Gasteiger partial charge in [0, 0.05) is 72.7 Å². The Morgan fingerprint density at radius 3 is 2.35 bits per heavy atom. The largest absolute Gasteiger partial charge is 0.422 e. The van der Waals surface area contributed by atoms with Gasteiger partial charge in [-0.15, -0.1) is 0 Å². The van der Waals surface area contributed by atoms with Crippen molar-refractivity contribution in [2.45, 2.75) is 111 Å². The van der Waals surface area contributed by atoms with Gasteiger partial charge in [-0.05, 0) is 64.7 Å². The Morgan fingerprint density at radius 2 is 1.79 bits per heavy atom. The second kappa shape index (κ2) is 12.6. The molecule has 0 atom stereocenters. The number of anilines is 1. The summed E-state index contributed by atoms with van der Waals surface area (Å²) < 4.78 is 22.2. The number of hydrogen-bond donors (Lipinski definition) is 0. The van der Waals surface area contributed by atoms with E-state index in [4.69, 9.17) is 4.42 Å². The summed E-state index contributed by atoms with van der Waals surface area (Å²) in [5.41, 5.74) is 4.45. The Labute approximate surface area is 257 Å². The van der Waals surface area contributed by atoms with Gasteiger partial charge in [0.1, 0.15) is 5.58 Å². The fourth-order valence-electron chi connectivity index (χ4n) is 7.37. The molecule has 0 spiro atoms. The van der Waals surface area contributed by atoms with E-state index in [1.54, 1.807) is 0 Å². The number of nitrogens with zero attached hydrogens (tertiary/aromatic N) is 4. The average Bonchev–Trinajstić information content (AvgIpc) is 2.94. The zero-order chi connectivity index (χ0) is 31.9. The summed E-state index contributed by atoms with van der Waals surface area (Å²) in [6.07, 6.45) is 3.97. The number of piperidine rings is 1. The Hall–Kier alpha value is -2.88. The molecular formula is C34H49N4O4P. The topological polar surface area (TPSA) is 97.9 Å². The summed E-state index contributed by atoms with van der Waals surface area (Å²) in [5.74, 6) is -0.0966. The predicted octanol–water partition coefficient (Wildman–Crippen LogP) is 6.97. The Morgan fingerprint density at radius 1 is 1.16 bits per heavy atom. The first-order valence-corrected chi connectivity index (χ1v) is 17.6. The van der Waals surface area contributed by atoms with Crippen LogP contribution in [0, 0.1) is 18.3 Å². The molecule has 1 amide bonds. The smallest absolute Gasteiger partial charge is 0.340 e. The molecular weight excluding hydrogens is 559 g/mol. The number of hydrogen-bond acceptors (Lipinski definition) is 6. The van der Waals surface area contributed by atoms with Crippen molar-refractivity contribution < 1.29 is 13.8 Å². The number of fused-ring (bicyclic) bond motifs is 2. The molecule has 234 valence electrons. The maximum atomic E-state index is 14.2. The number of likely N-dealkylation sites (tertiary alicyclic amines) is 1. The second-order valence-electron chi connectivity index (χ2n) is 13.3. The number of likely N-dealkylation sites (N-methyl/N-ethyl adjacent to an activating group) is 1. The third-order valence-electron chi connectivity index (χ3n) is 9.60. The number of carbonyl (C=O) groups excluding carboxylic acids is 1. The van der Waals surface area contributed by atoms with Gasteiger partial charge in [0.25, 0.3) is 0 Å². The van der Waals surface area contributed by atoms with Gasteiger partial charge >= 0.3 is 5.63 Å². The van der Waals surface area contributed by atoms with Crippen LogP contribution in [0.2, 0.25) is 0 Å². The van der Waals surface area contributed by atoms with Crippen molar-refractivity contribution in [1.82, 2.24) is 9.57 Å². The minimum atomic E-state index is -2.71. The number of aryl methyl sites for hydroxylation is 1. The van der Waals surface area contributed by atoms with Crippen LogP contribution in [0.3, 0.4) is 0 Å². The van der Waals surface area contributed by atoms with Crippen molar-refractivity contribution in [3.05, 3.63) is 45.3 Å². The van der Waals surface area contributed by atoms with Gasteiger partial charge in [0.05, 0.1) is 23.6 Å². The van der Waals surface area contributed by atoms with Crippen LogP contribution in [-0.4, -0.2) is 64.6 Å². The molecule has 2 aliphatic heterocycles. The summed E-state index contributed by atoms with van der Waals surface area (Å²) in [5, 5.41) is 10.1. The maximum Gasteiger partial charge on any atom is 0.340 e. The SMILES string of the molecule is CCN1c2cc3oc(=O)c(CC(=O)N4CCC(N(CCC#N)P(=O)(C(C)C)C(C)C)CC4)c(C)c3cc2C(C)=CC1(C)C. The van der Waals surface area contributed by atoms with Gasteiger partial charge in [-0.2, -0.15) is 5.26 Å². The number of allylic oxidation sites excluding steroid dienone is 1. The lowest BCUT2D eigenvalue weighted by Gasteiger charge is -2.45. The highest BCUT2D eigenvalue weighted by atomic mass is 31.2. The van der Waals surface area contributed by atoms with Crippen molar-refractivity contribution in [3.63, 3.8) is 0 Å². The van der Waals surface area contributed by atoms with Gasteiger partial charge in [-0.3, -0.25) is 4.79 Å². The predicted molar refractivity (Wildman–Crippen MR) is 176 cm³/mol. The lowest BCUT2D eigenvalue weighted by molar-refractivity contribution is -0.131. The molecule has 9 heteroatoms. The van der Waals surface area contributed by atoms with Crippen molar-refractivity contribution in [1.29, 1.82) is 5.26 Å². The molecule has 0 radical (unpaired) electrons. The average molecular weight is 609 g/mol. The molecule has 3 heterocycles. The van der Waals surface area contributed by atoms with Crippen LogP contribution in [0.1, 0.15) is 91.3 Å². The molecule has 1 aromatic heterocycles. The Bertz CT molecular complexity index is 1540. The fourth-order valence-corrected chi connectivity index (χ4v) is 10.9. The summed E-state index contributed by atoms with van der Waals surface area (Å²) in [4.78, 5) is 30.9. The molecule has 1 saturated heterocycles. The van der Waals surface area contributed by atoms with E-state index in [2.05, 4.69) is 55.5 Å². The van der Waals surface area contributed by atoms with Gasteiger partial charge in [-0.25, -0.2) is 9.46 Å². The van der Waals surface area contributed by atoms with Crippen molar-refractivity contribution in [3.8, 4) is 6.07 Å². The minimum absolute atomic E-state index is 0.0105. The highest BCUT2D eigenvalue weighted by Gasteiger charge is 2.42. The van der Waals surface area contributed by atoms with E-state index >= 15 is 0 Å². The standard InChI is InChI=1S/C34H49N4O4P/c1-10-37-30-20-31-28(18-27(30)24(6)21-34(37,8)9)25(7)29(33(40)42-31)19-32(39)36-16-12-26(13-17-36)38(15-11-14-35)43(41,22(2)3)23(4)5/h18,20-23,26H,10-13,15-17,19H2,1-9H3. The zero-order valence-electron chi connectivity index (χ0n) is 27.5. The summed E-state index contributed by atoms with van der Waals surface area (Å²) >= 11 is 0. The number of amides is 1. The molecule has 0 unspecified atom stereocenters. The van der Waals surface area contributed by atoms with Gasteiger partial charge in [0.2, 0.25) is 5.91 Å². The van der Waals surface area contributed by atoms with Crippen molar-refractivity contribution in [2.75, 3.05) is 31.1 Å². The van der Waals surface area contributed by atoms with Crippen LogP contribution in [0.25, 0.3) is 16.5 Å². The van der Waals surface area contributed by atoms with Crippen molar-refractivity contribution in [2.24, 2.45) is 0 Å². The molecule has 8 nitrogen and oxygen atoms in total. The molecule has 2 aromatic rings. The first kappa shape index (κ1) is 33.0. The monoisotopic (exact) mass is 608 g/mol. The van der Waals surface area contributed by atoms with Crippen molar-refractivity contribution >= 4 is 35.4 Å². The van der Waals surface area contributed by atoms with Gasteiger partial charge in [-0.1, -0.05) is 33.8 Å². The minimum Gasteiger partial charge on any atom is -0.422 e. The van der Waals surface area contributed by atoms with E-state index in [1.807, 2.05) is 45.6 Å². The lowest BCUT2D eigenvalue weighted by Crippen LogP contribution is -2.48. The van der Waals surface area contributed by atoms with E-state index in [0.717, 1.165) is 28.7 Å². The molecule has 0 bridgehead atoms. The lowest BCUT2D eigenvalue weighted by atomic mass is 9.87. The molecule has 2 aliphatic rings. The molecule has 0 aliphatic carbocycles. The number of rotatable bonds is 9. The summed E-state index contributed by atoms with van der Waals surface area (Å²) in [6.45, 7) is 20.9. The quantitative estimate of drug-likeness (QED) is 0.224. The number of benzene rings is 1. The zero-order valence-corrected chi connectivity index (χ0v) is 28.4. The Kier molecular flexibility index (Phi) is 9.69. The third kappa shape index (κ3) is 6.08. The van der Waals surface area contributed by atoms with Crippen LogP contribution in [0.15, 0.2) is 27.4 Å². The summed E-state index contributed by atoms with van der Waals surface area (Å²) in [6, 6.07) is 6.35. The number of nitriles is 1. The van der Waals surface area contributed by atoms with E-state index in [-0.39, 0.29) is 35.2 Å². The maximum absolute atomic E-state index is 14.2. The summed E-state index contributed by atoms with van der Waals surface area (Å²) in [7, 11) is -2.71. The molecule has 0 saturated carbocycles. The van der Waals surface area contributed by atoms with E-state index in [9.17, 15) is 19.4 Å². The highest BCUT2D eigenvalue weighted by Crippen LogP contribution is 2.59. The van der Waals surface area contributed by atoms with Gasteiger partial charge in [0.15, 0.2) is 7.29 Å². The first-order valence-electron chi connectivity index (χ1n) is 15.8.